The van der Waals surface area contributed by atoms with Gasteiger partial charge in [0.15, 0.2) is 0 Å². The van der Waals surface area contributed by atoms with Crippen LogP contribution in [-0.4, -0.2) is 22.8 Å². The smallest absolute Gasteiger partial charge is 0.332 e. The number of aliphatic carboxylic acids is 1. The third-order valence-electron chi connectivity index (χ3n) is 3.41. The molecule has 6 nitrogen and oxygen atoms in total. The molecule has 6 heteroatoms. The van der Waals surface area contributed by atoms with Crippen LogP contribution in [0.25, 0.3) is 0 Å². The van der Waals surface area contributed by atoms with Gasteiger partial charge in [0.2, 0.25) is 0 Å². The second kappa shape index (κ2) is 5.09. The first-order valence-electron chi connectivity index (χ1n) is 5.94. The van der Waals surface area contributed by atoms with Crippen molar-refractivity contribution >= 4 is 17.7 Å². The third kappa shape index (κ3) is 2.57. The standard InChI is InChI=1S/C13H15N3O3/c14-12(19)16-15-10-6-7-13(8-10,11(17)18)9-4-2-1-3-5-9/h1-5H,6-8H2,(H,17,18)(H3,14,16,19). The fourth-order valence-corrected chi connectivity index (χ4v) is 2.42. The molecule has 0 spiro atoms. The Labute approximate surface area is 110 Å². The second-order valence-corrected chi connectivity index (χ2v) is 4.58. The van der Waals surface area contributed by atoms with Crippen molar-refractivity contribution < 1.29 is 14.7 Å². The zero-order valence-corrected chi connectivity index (χ0v) is 10.3. The lowest BCUT2D eigenvalue weighted by atomic mass is 9.79. The van der Waals surface area contributed by atoms with Crippen molar-refractivity contribution in [1.82, 2.24) is 5.43 Å². The average Bonchev–Trinajstić information content (AvgIpc) is 2.83. The molecule has 2 amide bonds. The van der Waals surface area contributed by atoms with Crippen molar-refractivity contribution in [3.63, 3.8) is 0 Å². The van der Waals surface area contributed by atoms with E-state index in [1.807, 2.05) is 18.2 Å². The van der Waals surface area contributed by atoms with Crippen LogP contribution in [0.3, 0.4) is 0 Å². The summed E-state index contributed by atoms with van der Waals surface area (Å²) in [5, 5.41) is 13.4. The molecule has 0 heterocycles. The van der Waals surface area contributed by atoms with Gasteiger partial charge in [-0.2, -0.15) is 5.10 Å². The maximum atomic E-state index is 11.6. The average molecular weight is 261 g/mol. The molecule has 0 saturated heterocycles. The van der Waals surface area contributed by atoms with Crippen LogP contribution in [0.2, 0.25) is 0 Å². The summed E-state index contributed by atoms with van der Waals surface area (Å²) in [5.41, 5.74) is 7.53. The first-order chi connectivity index (χ1) is 9.04. The number of carbonyl (C=O) groups is 2. The van der Waals surface area contributed by atoms with Crippen LogP contribution in [0, 0.1) is 0 Å². The number of carboxylic acid groups (broad SMARTS) is 1. The Morgan fingerprint density at radius 3 is 2.58 bits per heavy atom. The number of hydrogen-bond donors (Lipinski definition) is 3. The van der Waals surface area contributed by atoms with Gasteiger partial charge in [0.05, 0.1) is 5.41 Å². The largest absolute Gasteiger partial charge is 0.481 e. The first-order valence-corrected chi connectivity index (χ1v) is 5.94. The van der Waals surface area contributed by atoms with E-state index in [0.29, 0.717) is 18.6 Å². The number of hydrazone groups is 1. The number of amides is 2. The molecule has 2 rings (SSSR count). The number of primary amides is 1. The van der Waals surface area contributed by atoms with E-state index in [1.165, 1.54) is 0 Å². The fourth-order valence-electron chi connectivity index (χ4n) is 2.42. The number of carboxylic acids is 1. The van der Waals surface area contributed by atoms with Gasteiger partial charge >= 0.3 is 12.0 Å². The molecule has 19 heavy (non-hydrogen) atoms. The molecule has 1 aliphatic rings. The van der Waals surface area contributed by atoms with Crippen LogP contribution in [-0.2, 0) is 10.2 Å². The Kier molecular flexibility index (Phi) is 3.50. The summed E-state index contributed by atoms with van der Waals surface area (Å²) in [6.07, 6.45) is 1.28. The summed E-state index contributed by atoms with van der Waals surface area (Å²) in [6, 6.07) is 8.34. The minimum absolute atomic E-state index is 0.284. The second-order valence-electron chi connectivity index (χ2n) is 4.58. The molecule has 4 N–H and O–H groups in total. The van der Waals surface area contributed by atoms with Crippen LogP contribution in [0.15, 0.2) is 35.4 Å². The minimum Gasteiger partial charge on any atom is -0.481 e. The lowest BCUT2D eigenvalue weighted by Gasteiger charge is -2.23. The molecule has 1 saturated carbocycles. The Bertz CT molecular complexity index is 527. The highest BCUT2D eigenvalue weighted by Crippen LogP contribution is 2.40. The molecule has 0 aromatic heterocycles. The number of carbonyl (C=O) groups excluding carboxylic acids is 1. The highest BCUT2D eigenvalue weighted by molar-refractivity contribution is 5.97. The lowest BCUT2D eigenvalue weighted by Crippen LogP contribution is -2.33. The van der Waals surface area contributed by atoms with Gasteiger partial charge in [-0.15, -0.1) is 0 Å². The zero-order valence-electron chi connectivity index (χ0n) is 10.3. The van der Waals surface area contributed by atoms with E-state index >= 15 is 0 Å². The number of nitrogens with zero attached hydrogens (tertiary/aromatic N) is 1. The van der Waals surface area contributed by atoms with Gasteiger partial charge in [0, 0.05) is 12.1 Å². The van der Waals surface area contributed by atoms with Crippen LogP contribution in [0.4, 0.5) is 4.79 Å². The van der Waals surface area contributed by atoms with Gasteiger partial charge in [-0.05, 0) is 18.4 Å². The molecule has 1 aromatic rings. The van der Waals surface area contributed by atoms with Crippen molar-refractivity contribution in [2.75, 3.05) is 0 Å². The molecule has 1 fully saturated rings. The summed E-state index contributed by atoms with van der Waals surface area (Å²) in [6.45, 7) is 0. The molecule has 1 atom stereocenters. The van der Waals surface area contributed by atoms with Crippen LogP contribution < -0.4 is 11.2 Å². The Hall–Kier alpha value is -2.37. The topological polar surface area (TPSA) is 105 Å². The number of urea groups is 1. The van der Waals surface area contributed by atoms with E-state index in [1.54, 1.807) is 12.1 Å². The first kappa shape index (κ1) is 13.1. The van der Waals surface area contributed by atoms with Gasteiger partial charge in [-0.1, -0.05) is 30.3 Å². The monoisotopic (exact) mass is 261 g/mol. The van der Waals surface area contributed by atoms with Crippen LogP contribution >= 0.6 is 0 Å². The van der Waals surface area contributed by atoms with E-state index in [4.69, 9.17) is 5.73 Å². The van der Waals surface area contributed by atoms with Crippen molar-refractivity contribution in [3.8, 4) is 0 Å². The molecular weight excluding hydrogens is 246 g/mol. The number of rotatable bonds is 3. The predicted molar refractivity (Wildman–Crippen MR) is 69.8 cm³/mol. The molecule has 1 unspecified atom stereocenters. The molecule has 0 radical (unpaired) electrons. The molecular formula is C13H15N3O3. The van der Waals surface area contributed by atoms with Gasteiger partial charge < -0.3 is 10.8 Å². The quantitative estimate of drug-likeness (QED) is 0.712. The minimum atomic E-state index is -0.959. The van der Waals surface area contributed by atoms with Crippen molar-refractivity contribution in [2.45, 2.75) is 24.7 Å². The summed E-state index contributed by atoms with van der Waals surface area (Å²) in [7, 11) is 0. The summed E-state index contributed by atoms with van der Waals surface area (Å²) in [4.78, 5) is 22.2. The highest BCUT2D eigenvalue weighted by atomic mass is 16.4. The number of benzene rings is 1. The van der Waals surface area contributed by atoms with E-state index in [9.17, 15) is 14.7 Å². The lowest BCUT2D eigenvalue weighted by molar-refractivity contribution is -0.143. The highest BCUT2D eigenvalue weighted by Gasteiger charge is 2.45. The summed E-state index contributed by atoms with van der Waals surface area (Å²) >= 11 is 0. The Morgan fingerprint density at radius 1 is 1.32 bits per heavy atom. The summed E-state index contributed by atoms with van der Waals surface area (Å²) in [5.74, 6) is -0.872. The summed E-state index contributed by atoms with van der Waals surface area (Å²) < 4.78 is 0. The Balaban J connectivity index is 2.28. The van der Waals surface area contributed by atoms with E-state index in [2.05, 4.69) is 10.5 Å². The normalized spacial score (nSPS) is 24.3. The van der Waals surface area contributed by atoms with Crippen LogP contribution in [0.5, 0.6) is 0 Å². The zero-order chi connectivity index (χ0) is 13.9. The third-order valence-corrected chi connectivity index (χ3v) is 3.41. The van der Waals surface area contributed by atoms with E-state index in [0.717, 1.165) is 5.56 Å². The van der Waals surface area contributed by atoms with Crippen molar-refractivity contribution in [3.05, 3.63) is 35.9 Å². The predicted octanol–water partition coefficient (Wildman–Crippen LogP) is 1.22. The van der Waals surface area contributed by atoms with Crippen molar-refractivity contribution in [1.29, 1.82) is 0 Å². The maximum absolute atomic E-state index is 11.6. The number of nitrogens with two attached hydrogens (primary N) is 1. The van der Waals surface area contributed by atoms with Gasteiger partial charge in [0.25, 0.3) is 0 Å². The molecule has 0 bridgehead atoms. The van der Waals surface area contributed by atoms with Crippen LogP contribution in [0.1, 0.15) is 24.8 Å². The van der Waals surface area contributed by atoms with Gasteiger partial charge in [-0.25, -0.2) is 10.2 Å². The number of hydrogen-bond acceptors (Lipinski definition) is 3. The van der Waals surface area contributed by atoms with Gasteiger partial charge in [0.1, 0.15) is 0 Å². The fraction of sp³-hybridized carbons (Fsp3) is 0.308. The molecule has 100 valence electrons. The Morgan fingerprint density at radius 2 is 2.00 bits per heavy atom. The van der Waals surface area contributed by atoms with Crippen molar-refractivity contribution in [2.24, 2.45) is 10.8 Å². The van der Waals surface area contributed by atoms with E-state index < -0.39 is 17.4 Å². The van der Waals surface area contributed by atoms with Gasteiger partial charge in [-0.3, -0.25) is 4.79 Å². The molecule has 1 aliphatic carbocycles. The SMILES string of the molecule is NC(=O)NN=C1CCC(C(=O)O)(c2ccccc2)C1. The molecule has 1 aromatic carbocycles. The van der Waals surface area contributed by atoms with E-state index in [-0.39, 0.29) is 6.42 Å². The maximum Gasteiger partial charge on any atom is 0.332 e. The number of nitrogens with one attached hydrogen (secondary N) is 1. The molecule has 0 aliphatic heterocycles.